The van der Waals surface area contributed by atoms with Crippen molar-refractivity contribution in [1.29, 1.82) is 0 Å². The average molecular weight is 477 g/mol. The van der Waals surface area contributed by atoms with Crippen LogP contribution in [0.5, 0.6) is 0 Å². The Morgan fingerprint density at radius 3 is 1.41 bits per heavy atom. The van der Waals surface area contributed by atoms with Gasteiger partial charge in [0.05, 0.1) is 11.1 Å². The van der Waals surface area contributed by atoms with Crippen molar-refractivity contribution in [3.63, 3.8) is 0 Å². The van der Waals surface area contributed by atoms with Crippen molar-refractivity contribution in [3.05, 3.63) is 35.4 Å². The molecule has 0 aliphatic heterocycles. The van der Waals surface area contributed by atoms with Crippen LogP contribution in [0.4, 0.5) is 9.59 Å². The highest BCUT2D eigenvalue weighted by Gasteiger charge is 2.17. The van der Waals surface area contributed by atoms with E-state index in [-0.39, 0.29) is 11.1 Å². The Hall–Kier alpha value is -2.90. The summed E-state index contributed by atoms with van der Waals surface area (Å²) in [6.07, 6.45) is 11.3. The molecule has 0 saturated carbocycles. The second-order valence-electron chi connectivity index (χ2n) is 8.32. The van der Waals surface area contributed by atoms with Crippen LogP contribution >= 0.6 is 0 Å². The minimum atomic E-state index is -0.886. The summed E-state index contributed by atoms with van der Waals surface area (Å²) < 4.78 is 9.56. The van der Waals surface area contributed by atoms with E-state index in [9.17, 15) is 19.2 Å². The van der Waals surface area contributed by atoms with E-state index in [1.165, 1.54) is 62.8 Å². The zero-order valence-electron chi connectivity index (χ0n) is 20.7. The van der Waals surface area contributed by atoms with Crippen LogP contribution in [0.1, 0.15) is 112 Å². The van der Waals surface area contributed by atoms with Crippen molar-refractivity contribution in [2.75, 3.05) is 13.1 Å². The number of alkyl carbamates (subject to hydrolysis) is 2. The Morgan fingerprint density at radius 2 is 1.00 bits per heavy atom. The van der Waals surface area contributed by atoms with Gasteiger partial charge in [-0.1, -0.05) is 84.1 Å². The second kappa shape index (κ2) is 18.5. The Morgan fingerprint density at radius 1 is 0.618 bits per heavy atom. The van der Waals surface area contributed by atoms with Gasteiger partial charge in [0.25, 0.3) is 0 Å². The number of carbonyl (C=O) groups excluding carboxylic acids is 4. The molecule has 0 fully saturated rings. The van der Waals surface area contributed by atoms with Gasteiger partial charge in [0.1, 0.15) is 0 Å². The maximum atomic E-state index is 12.2. The maximum Gasteiger partial charge on any atom is 0.415 e. The SMILES string of the molecule is CCCCCCCCNC(=O)OC(=O)c1cccc(C(=O)OC(=O)NCCCCCCCC)c1. The summed E-state index contributed by atoms with van der Waals surface area (Å²) in [7, 11) is 0. The van der Waals surface area contributed by atoms with E-state index in [4.69, 9.17) is 9.47 Å². The lowest BCUT2D eigenvalue weighted by atomic mass is 10.1. The predicted octanol–water partition coefficient (Wildman–Crippen LogP) is 6.14. The molecule has 1 aromatic rings. The number of hydrogen-bond donors (Lipinski definition) is 2. The fourth-order valence-corrected chi connectivity index (χ4v) is 3.32. The highest BCUT2D eigenvalue weighted by Crippen LogP contribution is 2.10. The van der Waals surface area contributed by atoms with Gasteiger partial charge in [0, 0.05) is 13.1 Å². The lowest BCUT2D eigenvalue weighted by Crippen LogP contribution is -2.28. The minimum absolute atomic E-state index is 0.0108. The van der Waals surface area contributed by atoms with Crippen LogP contribution in [0.25, 0.3) is 0 Å². The molecular weight excluding hydrogens is 436 g/mol. The lowest BCUT2D eigenvalue weighted by Gasteiger charge is -2.08. The van der Waals surface area contributed by atoms with E-state index in [0.717, 1.165) is 38.5 Å². The third kappa shape index (κ3) is 13.6. The van der Waals surface area contributed by atoms with Crippen LogP contribution in [-0.4, -0.2) is 37.2 Å². The summed E-state index contributed by atoms with van der Waals surface area (Å²) in [5.74, 6) is -1.77. The predicted molar refractivity (Wildman–Crippen MR) is 131 cm³/mol. The summed E-state index contributed by atoms with van der Waals surface area (Å²) in [4.78, 5) is 48.1. The van der Waals surface area contributed by atoms with Gasteiger partial charge in [-0.3, -0.25) is 0 Å². The number of benzene rings is 1. The number of nitrogens with one attached hydrogen (secondary N) is 2. The molecule has 0 unspecified atom stereocenters. The van der Waals surface area contributed by atoms with E-state index in [2.05, 4.69) is 24.5 Å². The van der Waals surface area contributed by atoms with Crippen molar-refractivity contribution >= 4 is 24.1 Å². The molecule has 1 rings (SSSR count). The first-order chi connectivity index (χ1) is 16.5. The zero-order valence-corrected chi connectivity index (χ0v) is 20.7. The molecule has 34 heavy (non-hydrogen) atoms. The van der Waals surface area contributed by atoms with Gasteiger partial charge in [-0.2, -0.15) is 0 Å². The molecule has 0 spiro atoms. The Balaban J connectivity index is 2.35. The van der Waals surface area contributed by atoms with Crippen LogP contribution in [0, 0.1) is 0 Å². The normalized spacial score (nSPS) is 10.4. The minimum Gasteiger partial charge on any atom is -0.373 e. The van der Waals surface area contributed by atoms with E-state index in [1.54, 1.807) is 0 Å². The van der Waals surface area contributed by atoms with Gasteiger partial charge in [-0.25, -0.2) is 19.2 Å². The molecule has 8 heteroatoms. The first-order valence-electron chi connectivity index (χ1n) is 12.6. The number of hydrogen-bond acceptors (Lipinski definition) is 6. The van der Waals surface area contributed by atoms with Crippen molar-refractivity contribution < 1.29 is 28.7 Å². The number of unbranched alkanes of at least 4 members (excludes halogenated alkanes) is 10. The molecule has 0 atom stereocenters. The van der Waals surface area contributed by atoms with Crippen LogP contribution in [0.2, 0.25) is 0 Å². The second-order valence-corrected chi connectivity index (χ2v) is 8.32. The maximum absolute atomic E-state index is 12.2. The summed E-state index contributed by atoms with van der Waals surface area (Å²) in [6.45, 7) is 5.17. The molecule has 2 amide bonds. The molecule has 0 saturated heterocycles. The first kappa shape index (κ1) is 29.1. The summed E-state index contributed by atoms with van der Waals surface area (Å²) >= 11 is 0. The van der Waals surface area contributed by atoms with Gasteiger partial charge in [0.2, 0.25) is 0 Å². The molecule has 190 valence electrons. The standard InChI is InChI=1S/C26H40N2O6/c1-3-5-7-9-11-13-18-27-25(31)33-23(29)21-16-15-17-22(20-21)24(30)34-26(32)28-19-14-12-10-8-6-4-2/h15-17,20H,3-14,18-19H2,1-2H3,(H,27,31)(H,28,32). The first-order valence-corrected chi connectivity index (χ1v) is 12.6. The summed E-state index contributed by atoms with van der Waals surface area (Å²) in [5.41, 5.74) is 0.0216. The quantitative estimate of drug-likeness (QED) is 0.168. The highest BCUT2D eigenvalue weighted by molar-refractivity contribution is 6.01. The van der Waals surface area contributed by atoms with E-state index >= 15 is 0 Å². The van der Waals surface area contributed by atoms with Crippen molar-refractivity contribution in [3.8, 4) is 0 Å². The zero-order chi connectivity index (χ0) is 25.0. The van der Waals surface area contributed by atoms with Gasteiger partial charge >= 0.3 is 24.1 Å². The molecule has 0 aromatic heterocycles. The Kier molecular flexibility index (Phi) is 15.9. The summed E-state index contributed by atoms with van der Waals surface area (Å²) in [5, 5.41) is 5.10. The van der Waals surface area contributed by atoms with Crippen molar-refractivity contribution in [1.82, 2.24) is 10.6 Å². The molecule has 0 bridgehead atoms. The third-order valence-corrected chi connectivity index (χ3v) is 5.30. The molecule has 0 aliphatic rings. The number of ether oxygens (including phenoxy) is 2. The number of carbonyl (C=O) groups is 4. The van der Waals surface area contributed by atoms with Gasteiger partial charge in [-0.05, 0) is 31.0 Å². The fraction of sp³-hybridized carbons (Fsp3) is 0.615. The lowest BCUT2D eigenvalue weighted by molar-refractivity contribution is 0.0618. The van der Waals surface area contributed by atoms with Crippen LogP contribution < -0.4 is 10.6 Å². The number of amides is 2. The van der Waals surface area contributed by atoms with Gasteiger partial charge in [0.15, 0.2) is 0 Å². The molecule has 0 aliphatic carbocycles. The smallest absolute Gasteiger partial charge is 0.373 e. The molecule has 0 heterocycles. The average Bonchev–Trinajstić information content (AvgIpc) is 2.83. The topological polar surface area (TPSA) is 111 Å². The van der Waals surface area contributed by atoms with Crippen molar-refractivity contribution in [2.45, 2.75) is 90.9 Å². The fourth-order valence-electron chi connectivity index (χ4n) is 3.32. The van der Waals surface area contributed by atoms with Crippen LogP contribution in [0.3, 0.4) is 0 Å². The molecule has 1 aromatic carbocycles. The van der Waals surface area contributed by atoms with Crippen LogP contribution in [-0.2, 0) is 9.47 Å². The van der Waals surface area contributed by atoms with E-state index in [1.807, 2.05) is 0 Å². The Labute approximate surface area is 203 Å². The molecule has 8 nitrogen and oxygen atoms in total. The van der Waals surface area contributed by atoms with Crippen molar-refractivity contribution in [2.24, 2.45) is 0 Å². The van der Waals surface area contributed by atoms with Gasteiger partial charge < -0.3 is 20.1 Å². The highest BCUT2D eigenvalue weighted by atomic mass is 16.6. The number of esters is 2. The molecular formula is C26H40N2O6. The molecule has 0 radical (unpaired) electrons. The summed E-state index contributed by atoms with van der Waals surface area (Å²) in [6, 6.07) is 5.51. The largest absolute Gasteiger partial charge is 0.415 e. The molecule has 2 N–H and O–H groups in total. The van der Waals surface area contributed by atoms with Crippen LogP contribution in [0.15, 0.2) is 24.3 Å². The van der Waals surface area contributed by atoms with E-state index < -0.39 is 24.1 Å². The van der Waals surface area contributed by atoms with Gasteiger partial charge in [-0.15, -0.1) is 0 Å². The Bertz CT molecular complexity index is 706. The van der Waals surface area contributed by atoms with E-state index in [0.29, 0.717) is 13.1 Å². The third-order valence-electron chi connectivity index (χ3n) is 5.30. The number of rotatable bonds is 16. The monoisotopic (exact) mass is 476 g/mol.